The number of hydrogen-bond acceptors (Lipinski definition) is 5. The van der Waals surface area contributed by atoms with Gasteiger partial charge in [-0.2, -0.15) is 0 Å². The van der Waals surface area contributed by atoms with Crippen LogP contribution >= 0.6 is 0 Å². The number of pyridine rings is 1. The van der Waals surface area contributed by atoms with Crippen LogP contribution < -0.4 is 14.8 Å². The molecule has 4 aromatic rings. The fraction of sp³-hybridized carbons (Fsp3) is 0.154. The molecule has 1 heterocycles. The van der Waals surface area contributed by atoms with Gasteiger partial charge in [0.25, 0.3) is 0 Å². The van der Waals surface area contributed by atoms with Gasteiger partial charge in [0.05, 0.1) is 23.6 Å². The molecule has 0 unspecified atom stereocenters. The second kappa shape index (κ2) is 7.89. The molecule has 0 spiro atoms. The zero-order valence-electron chi connectivity index (χ0n) is 17.5. The van der Waals surface area contributed by atoms with Crippen LogP contribution in [0.2, 0.25) is 0 Å². The molecule has 1 aliphatic carbocycles. The van der Waals surface area contributed by atoms with E-state index in [-0.39, 0.29) is 11.1 Å². The summed E-state index contributed by atoms with van der Waals surface area (Å²) in [5.74, 6) is 2.00. The van der Waals surface area contributed by atoms with Gasteiger partial charge < -0.3 is 19.9 Å². The van der Waals surface area contributed by atoms with Crippen molar-refractivity contribution in [3.63, 3.8) is 0 Å². The molecule has 5 rings (SSSR count). The molecule has 0 bridgehead atoms. The van der Waals surface area contributed by atoms with Crippen molar-refractivity contribution in [3.05, 3.63) is 90.1 Å². The number of fused-ring (bicyclic) bond motifs is 1. The predicted octanol–water partition coefficient (Wildman–Crippen LogP) is 5.84. The summed E-state index contributed by atoms with van der Waals surface area (Å²) < 4.78 is 11.4. The van der Waals surface area contributed by atoms with Gasteiger partial charge in [0, 0.05) is 6.20 Å². The predicted molar refractivity (Wildman–Crippen MR) is 123 cm³/mol. The second-order valence-electron chi connectivity index (χ2n) is 7.88. The van der Waals surface area contributed by atoms with E-state index in [1.54, 1.807) is 25.4 Å². The van der Waals surface area contributed by atoms with Crippen molar-refractivity contribution >= 4 is 22.6 Å². The lowest BCUT2D eigenvalue weighted by molar-refractivity contribution is 0.0697. The van der Waals surface area contributed by atoms with Crippen LogP contribution in [0.3, 0.4) is 0 Å². The minimum atomic E-state index is -0.926. The first-order valence-corrected chi connectivity index (χ1v) is 10.4. The summed E-state index contributed by atoms with van der Waals surface area (Å²) in [6.45, 7) is 0. The molecule has 1 aromatic heterocycles. The maximum absolute atomic E-state index is 11.2. The van der Waals surface area contributed by atoms with E-state index in [4.69, 9.17) is 9.47 Å². The summed E-state index contributed by atoms with van der Waals surface area (Å²) in [6, 6.07) is 22.4. The van der Waals surface area contributed by atoms with Crippen LogP contribution in [0.4, 0.5) is 5.82 Å². The van der Waals surface area contributed by atoms with Crippen molar-refractivity contribution in [3.8, 4) is 17.2 Å². The highest BCUT2D eigenvalue weighted by Crippen LogP contribution is 2.49. The Bertz CT molecular complexity index is 1270. The van der Waals surface area contributed by atoms with E-state index in [0.717, 1.165) is 40.7 Å². The zero-order valence-corrected chi connectivity index (χ0v) is 17.5. The second-order valence-corrected chi connectivity index (χ2v) is 7.88. The number of anilines is 1. The first kappa shape index (κ1) is 19.9. The zero-order chi connectivity index (χ0) is 22.1. The van der Waals surface area contributed by atoms with E-state index in [1.165, 1.54) is 0 Å². The molecule has 1 fully saturated rings. The number of aromatic carboxylic acids is 1. The van der Waals surface area contributed by atoms with Crippen LogP contribution in [0.1, 0.15) is 28.8 Å². The normalized spacial score (nSPS) is 14.0. The van der Waals surface area contributed by atoms with Crippen LogP contribution in [0.25, 0.3) is 10.8 Å². The van der Waals surface area contributed by atoms with Gasteiger partial charge in [-0.15, -0.1) is 0 Å². The summed E-state index contributed by atoms with van der Waals surface area (Å²) in [7, 11) is 1.63. The van der Waals surface area contributed by atoms with Crippen LogP contribution in [0.15, 0.2) is 79.0 Å². The number of nitrogens with one attached hydrogen (secondary N) is 1. The Balaban J connectivity index is 1.49. The van der Waals surface area contributed by atoms with Crippen LogP contribution in [-0.4, -0.2) is 23.2 Å². The summed E-state index contributed by atoms with van der Waals surface area (Å²) >= 11 is 0. The molecule has 6 heteroatoms. The number of benzene rings is 3. The highest BCUT2D eigenvalue weighted by Gasteiger charge is 2.45. The van der Waals surface area contributed by atoms with Gasteiger partial charge in [-0.05, 0) is 72.3 Å². The molecule has 2 N–H and O–H groups in total. The molecule has 0 amide bonds. The van der Waals surface area contributed by atoms with Crippen molar-refractivity contribution in [2.75, 3.05) is 12.4 Å². The highest BCUT2D eigenvalue weighted by atomic mass is 16.5. The van der Waals surface area contributed by atoms with E-state index in [9.17, 15) is 9.90 Å². The van der Waals surface area contributed by atoms with Crippen molar-refractivity contribution in [2.24, 2.45) is 0 Å². The van der Waals surface area contributed by atoms with Gasteiger partial charge in [0.1, 0.15) is 23.1 Å². The maximum Gasteiger partial charge on any atom is 0.335 e. The van der Waals surface area contributed by atoms with E-state index < -0.39 is 5.97 Å². The molecule has 160 valence electrons. The highest BCUT2D eigenvalue weighted by molar-refractivity contribution is 5.97. The third-order valence-corrected chi connectivity index (χ3v) is 5.83. The molecule has 0 atom stereocenters. The monoisotopic (exact) mass is 426 g/mol. The molecule has 3 aromatic carbocycles. The molecule has 1 saturated carbocycles. The Morgan fingerprint density at radius 3 is 2.34 bits per heavy atom. The Morgan fingerprint density at radius 2 is 1.69 bits per heavy atom. The lowest BCUT2D eigenvalue weighted by Crippen LogP contribution is -2.20. The minimum absolute atomic E-state index is 0.258. The van der Waals surface area contributed by atoms with Gasteiger partial charge in [-0.3, -0.25) is 0 Å². The van der Waals surface area contributed by atoms with Crippen molar-refractivity contribution in [1.29, 1.82) is 0 Å². The average Bonchev–Trinajstić information content (AvgIpc) is 3.60. The Morgan fingerprint density at radius 1 is 0.969 bits per heavy atom. The van der Waals surface area contributed by atoms with Gasteiger partial charge in [0.2, 0.25) is 0 Å². The van der Waals surface area contributed by atoms with E-state index in [1.807, 2.05) is 60.7 Å². The van der Waals surface area contributed by atoms with Gasteiger partial charge >= 0.3 is 5.97 Å². The van der Waals surface area contributed by atoms with E-state index in [0.29, 0.717) is 11.5 Å². The first-order valence-electron chi connectivity index (χ1n) is 10.4. The smallest absolute Gasteiger partial charge is 0.335 e. The number of hydrogen-bond donors (Lipinski definition) is 2. The Labute approximate surface area is 185 Å². The van der Waals surface area contributed by atoms with E-state index in [2.05, 4.69) is 10.3 Å². The number of ether oxygens (including phenoxy) is 2. The average molecular weight is 426 g/mol. The number of aromatic nitrogens is 1. The maximum atomic E-state index is 11.2. The molecule has 0 aliphatic heterocycles. The minimum Gasteiger partial charge on any atom is -0.497 e. The fourth-order valence-corrected chi connectivity index (χ4v) is 3.92. The standard InChI is InChI=1S/C26H22N2O4/c1-31-20-9-11-21(12-10-20)32-22-4-2-3-17-13-16-27-24(23(17)22)28-26(14-15-26)19-7-5-18(6-8-19)25(29)30/h2-13,16H,14-15H2,1H3,(H,27,28)(H,29,30). The summed E-state index contributed by atoms with van der Waals surface area (Å²) in [4.78, 5) is 15.8. The lowest BCUT2D eigenvalue weighted by atomic mass is 10.0. The fourth-order valence-electron chi connectivity index (χ4n) is 3.92. The third-order valence-electron chi connectivity index (χ3n) is 5.83. The number of rotatable bonds is 7. The first-order chi connectivity index (χ1) is 15.6. The Kier molecular flexibility index (Phi) is 4.90. The molecule has 1 aliphatic rings. The SMILES string of the molecule is COc1ccc(Oc2cccc3ccnc(NC4(c5ccc(C(=O)O)cc5)CC4)c23)cc1. The van der Waals surface area contributed by atoms with Gasteiger partial charge in [0.15, 0.2) is 0 Å². The van der Waals surface area contributed by atoms with Crippen molar-refractivity contribution < 1.29 is 19.4 Å². The largest absolute Gasteiger partial charge is 0.497 e. The van der Waals surface area contributed by atoms with Gasteiger partial charge in [-0.25, -0.2) is 9.78 Å². The molecular weight excluding hydrogens is 404 g/mol. The van der Waals surface area contributed by atoms with Crippen LogP contribution in [0, 0.1) is 0 Å². The summed E-state index contributed by atoms with van der Waals surface area (Å²) in [5, 5.41) is 14.7. The number of methoxy groups -OCH3 is 1. The lowest BCUT2D eigenvalue weighted by Gasteiger charge is -2.21. The molecule has 0 radical (unpaired) electrons. The Hall–Kier alpha value is -4.06. The summed E-state index contributed by atoms with van der Waals surface area (Å²) in [6.07, 6.45) is 3.67. The quantitative estimate of drug-likeness (QED) is 0.387. The third kappa shape index (κ3) is 3.71. The number of nitrogens with zero attached hydrogens (tertiary/aromatic N) is 1. The van der Waals surface area contributed by atoms with E-state index >= 15 is 0 Å². The van der Waals surface area contributed by atoms with Crippen LogP contribution in [-0.2, 0) is 5.54 Å². The molecule has 32 heavy (non-hydrogen) atoms. The molecule has 0 saturated heterocycles. The number of carbonyl (C=O) groups is 1. The van der Waals surface area contributed by atoms with Crippen molar-refractivity contribution in [1.82, 2.24) is 4.98 Å². The number of carboxylic acids is 1. The van der Waals surface area contributed by atoms with Crippen LogP contribution in [0.5, 0.6) is 17.2 Å². The molecule has 6 nitrogen and oxygen atoms in total. The number of carboxylic acid groups (broad SMARTS) is 1. The summed E-state index contributed by atoms with van der Waals surface area (Å²) in [5.41, 5.74) is 1.07. The topological polar surface area (TPSA) is 80.7 Å². The molecular formula is C26H22N2O4. The van der Waals surface area contributed by atoms with Gasteiger partial charge in [-0.1, -0.05) is 24.3 Å². The van der Waals surface area contributed by atoms with Crippen molar-refractivity contribution in [2.45, 2.75) is 18.4 Å².